The summed E-state index contributed by atoms with van der Waals surface area (Å²) in [5.74, 6) is 0.940. The van der Waals surface area contributed by atoms with Crippen molar-refractivity contribution in [2.45, 2.75) is 13.0 Å². The molecule has 0 N–H and O–H groups in total. The van der Waals surface area contributed by atoms with Gasteiger partial charge in [-0.05, 0) is 19.2 Å². The first-order valence-corrected chi connectivity index (χ1v) is 3.91. The summed E-state index contributed by atoms with van der Waals surface area (Å²) in [5.41, 5.74) is 0. The first kappa shape index (κ1) is 8.82. The van der Waals surface area contributed by atoms with Gasteiger partial charge < -0.3 is 4.42 Å². The van der Waals surface area contributed by atoms with Crippen LogP contribution in [-0.4, -0.2) is 18.5 Å². The molecule has 0 radical (unpaired) electrons. The predicted molar refractivity (Wildman–Crippen MR) is 45.3 cm³/mol. The Morgan fingerprint density at radius 3 is 3.08 bits per heavy atom. The maximum absolute atomic E-state index is 8.34. The molecule has 0 aromatic carbocycles. The van der Waals surface area contributed by atoms with Crippen LogP contribution >= 0.6 is 0 Å². The first-order valence-electron chi connectivity index (χ1n) is 3.91. The molecule has 0 aliphatic carbocycles. The molecule has 12 heavy (non-hydrogen) atoms. The Hall–Kier alpha value is -1.27. The Morgan fingerprint density at radius 2 is 2.50 bits per heavy atom. The van der Waals surface area contributed by atoms with Crippen molar-refractivity contribution >= 4 is 0 Å². The van der Waals surface area contributed by atoms with Crippen molar-refractivity contribution in [1.82, 2.24) is 4.90 Å². The van der Waals surface area contributed by atoms with Crippen molar-refractivity contribution in [1.29, 1.82) is 5.26 Å². The lowest BCUT2D eigenvalue weighted by atomic mass is 10.4. The highest BCUT2D eigenvalue weighted by atomic mass is 16.3. The summed E-state index contributed by atoms with van der Waals surface area (Å²) in [4.78, 5) is 2.06. The van der Waals surface area contributed by atoms with E-state index in [1.807, 2.05) is 19.2 Å². The van der Waals surface area contributed by atoms with Crippen LogP contribution in [0.15, 0.2) is 22.8 Å². The second-order valence-electron chi connectivity index (χ2n) is 2.73. The Kier molecular flexibility index (Phi) is 3.36. The highest BCUT2D eigenvalue weighted by Gasteiger charge is 2.00. The van der Waals surface area contributed by atoms with E-state index >= 15 is 0 Å². The van der Waals surface area contributed by atoms with Gasteiger partial charge in [-0.1, -0.05) is 0 Å². The minimum absolute atomic E-state index is 0.567. The van der Waals surface area contributed by atoms with E-state index in [0.29, 0.717) is 6.42 Å². The Bertz CT molecular complexity index is 248. The molecule has 1 heterocycles. The van der Waals surface area contributed by atoms with Crippen molar-refractivity contribution in [3.8, 4) is 6.07 Å². The van der Waals surface area contributed by atoms with Crippen molar-refractivity contribution in [3.05, 3.63) is 24.2 Å². The van der Waals surface area contributed by atoms with Gasteiger partial charge in [0.05, 0.1) is 18.9 Å². The van der Waals surface area contributed by atoms with Crippen molar-refractivity contribution in [2.24, 2.45) is 0 Å². The molecule has 1 aromatic heterocycles. The Labute approximate surface area is 72.2 Å². The van der Waals surface area contributed by atoms with E-state index in [-0.39, 0.29) is 0 Å². The number of rotatable bonds is 4. The van der Waals surface area contributed by atoms with Gasteiger partial charge in [-0.3, -0.25) is 4.90 Å². The standard InChI is InChI=1S/C9H12N2O/c1-11(6-3-5-10)8-9-4-2-7-12-9/h2,4,7H,3,6,8H2,1H3. The van der Waals surface area contributed by atoms with Gasteiger partial charge in [-0.25, -0.2) is 0 Å². The molecule has 64 valence electrons. The molecule has 3 heteroatoms. The van der Waals surface area contributed by atoms with Crippen molar-refractivity contribution in [3.63, 3.8) is 0 Å². The molecule has 0 fully saturated rings. The number of hydrogen-bond acceptors (Lipinski definition) is 3. The highest BCUT2D eigenvalue weighted by Crippen LogP contribution is 2.03. The lowest BCUT2D eigenvalue weighted by Crippen LogP contribution is -2.18. The third-order valence-corrected chi connectivity index (χ3v) is 1.61. The van der Waals surface area contributed by atoms with Gasteiger partial charge in [-0.15, -0.1) is 0 Å². The van der Waals surface area contributed by atoms with E-state index in [2.05, 4.69) is 11.0 Å². The van der Waals surface area contributed by atoms with Crippen LogP contribution in [0.25, 0.3) is 0 Å². The molecular formula is C9H12N2O. The van der Waals surface area contributed by atoms with Crippen LogP contribution in [0.2, 0.25) is 0 Å². The van der Waals surface area contributed by atoms with Crippen LogP contribution in [0.4, 0.5) is 0 Å². The molecule has 3 nitrogen and oxygen atoms in total. The van der Waals surface area contributed by atoms with Gasteiger partial charge in [0.1, 0.15) is 5.76 Å². The summed E-state index contributed by atoms with van der Waals surface area (Å²) in [6, 6.07) is 5.91. The quantitative estimate of drug-likeness (QED) is 0.679. The predicted octanol–water partition coefficient (Wildman–Crippen LogP) is 1.63. The van der Waals surface area contributed by atoms with E-state index < -0.39 is 0 Å². The molecule has 1 aromatic rings. The zero-order chi connectivity index (χ0) is 8.81. The van der Waals surface area contributed by atoms with Crippen molar-refractivity contribution < 1.29 is 4.42 Å². The largest absolute Gasteiger partial charge is 0.468 e. The summed E-state index contributed by atoms with van der Waals surface area (Å²) in [6.07, 6.45) is 2.23. The summed E-state index contributed by atoms with van der Waals surface area (Å²) >= 11 is 0. The van der Waals surface area contributed by atoms with Crippen LogP contribution in [0, 0.1) is 11.3 Å². The molecule has 0 unspecified atom stereocenters. The van der Waals surface area contributed by atoms with E-state index in [9.17, 15) is 0 Å². The monoisotopic (exact) mass is 164 g/mol. The van der Waals surface area contributed by atoms with Crippen molar-refractivity contribution in [2.75, 3.05) is 13.6 Å². The van der Waals surface area contributed by atoms with E-state index in [4.69, 9.17) is 9.68 Å². The summed E-state index contributed by atoms with van der Waals surface area (Å²) in [7, 11) is 1.97. The van der Waals surface area contributed by atoms with Gasteiger partial charge in [0, 0.05) is 13.0 Å². The van der Waals surface area contributed by atoms with Crippen LogP contribution in [0.1, 0.15) is 12.2 Å². The third kappa shape index (κ3) is 2.77. The minimum atomic E-state index is 0.567. The normalized spacial score (nSPS) is 10.1. The van der Waals surface area contributed by atoms with Crippen LogP contribution in [0.3, 0.4) is 0 Å². The van der Waals surface area contributed by atoms with Gasteiger partial charge >= 0.3 is 0 Å². The average molecular weight is 164 g/mol. The van der Waals surface area contributed by atoms with Gasteiger partial charge in [0.25, 0.3) is 0 Å². The SMILES string of the molecule is CN(CCC#N)Cc1ccco1. The fourth-order valence-electron chi connectivity index (χ4n) is 0.988. The fraction of sp³-hybridized carbons (Fsp3) is 0.444. The smallest absolute Gasteiger partial charge is 0.117 e. The van der Waals surface area contributed by atoms with E-state index in [1.54, 1.807) is 6.26 Å². The summed E-state index contributed by atoms with van der Waals surface area (Å²) in [5, 5.41) is 8.34. The van der Waals surface area contributed by atoms with Gasteiger partial charge in [0.15, 0.2) is 0 Å². The second-order valence-corrected chi connectivity index (χ2v) is 2.73. The minimum Gasteiger partial charge on any atom is -0.468 e. The fourth-order valence-corrected chi connectivity index (χ4v) is 0.988. The van der Waals surface area contributed by atoms with E-state index in [1.165, 1.54) is 0 Å². The van der Waals surface area contributed by atoms with Crippen LogP contribution in [-0.2, 0) is 6.54 Å². The second kappa shape index (κ2) is 4.58. The summed E-state index contributed by atoms with van der Waals surface area (Å²) in [6.45, 7) is 1.56. The molecular weight excluding hydrogens is 152 g/mol. The maximum atomic E-state index is 8.34. The zero-order valence-electron chi connectivity index (χ0n) is 7.16. The molecule has 0 saturated heterocycles. The van der Waals surface area contributed by atoms with Gasteiger partial charge in [-0.2, -0.15) is 5.26 Å². The van der Waals surface area contributed by atoms with Gasteiger partial charge in [0.2, 0.25) is 0 Å². The average Bonchev–Trinajstić information content (AvgIpc) is 2.53. The molecule has 0 bridgehead atoms. The number of nitriles is 1. The molecule has 0 saturated carbocycles. The molecule has 0 atom stereocenters. The highest BCUT2D eigenvalue weighted by molar-refractivity contribution is 4.97. The zero-order valence-corrected chi connectivity index (χ0v) is 7.16. The Balaban J connectivity index is 2.28. The molecule has 1 rings (SSSR count). The number of hydrogen-bond donors (Lipinski definition) is 0. The number of nitrogens with zero attached hydrogens (tertiary/aromatic N) is 2. The topological polar surface area (TPSA) is 40.2 Å². The first-order chi connectivity index (χ1) is 5.83. The summed E-state index contributed by atoms with van der Waals surface area (Å²) < 4.78 is 5.16. The molecule has 0 spiro atoms. The Morgan fingerprint density at radius 1 is 1.67 bits per heavy atom. The third-order valence-electron chi connectivity index (χ3n) is 1.61. The van der Waals surface area contributed by atoms with E-state index in [0.717, 1.165) is 18.8 Å². The number of furan rings is 1. The molecule has 0 aliphatic heterocycles. The van der Waals surface area contributed by atoms with Crippen LogP contribution in [0.5, 0.6) is 0 Å². The van der Waals surface area contributed by atoms with Crippen LogP contribution < -0.4 is 0 Å². The lowest BCUT2D eigenvalue weighted by molar-refractivity contribution is 0.301. The molecule has 0 amide bonds. The lowest BCUT2D eigenvalue weighted by Gasteiger charge is -2.11. The maximum Gasteiger partial charge on any atom is 0.117 e. The molecule has 0 aliphatic rings.